The fraction of sp³-hybridized carbons (Fsp3) is 0.476. The third-order valence-electron chi connectivity index (χ3n) is 5.22. The van der Waals surface area contributed by atoms with Crippen molar-refractivity contribution in [2.24, 2.45) is 0 Å². The molecule has 0 aliphatic carbocycles. The summed E-state index contributed by atoms with van der Waals surface area (Å²) in [6.07, 6.45) is 0.704. The number of anilines is 1. The average molecular weight is 453 g/mol. The van der Waals surface area contributed by atoms with Crippen molar-refractivity contribution in [3.05, 3.63) is 55.8 Å². The van der Waals surface area contributed by atoms with Crippen molar-refractivity contribution >= 4 is 40.3 Å². The van der Waals surface area contributed by atoms with Gasteiger partial charge in [0.2, 0.25) is 0 Å². The van der Waals surface area contributed by atoms with E-state index in [1.165, 1.54) is 11.3 Å². The molecule has 2 heterocycles. The van der Waals surface area contributed by atoms with Crippen LogP contribution in [0.25, 0.3) is 0 Å². The van der Waals surface area contributed by atoms with Crippen LogP contribution in [0.2, 0.25) is 0 Å². The van der Waals surface area contributed by atoms with E-state index in [-0.39, 0.29) is 38.9 Å². The van der Waals surface area contributed by atoms with Gasteiger partial charge in [-0.2, -0.15) is 0 Å². The summed E-state index contributed by atoms with van der Waals surface area (Å²) in [5.41, 5.74) is 1.33. The summed E-state index contributed by atoms with van der Waals surface area (Å²) in [6, 6.07) is 8.46. The van der Waals surface area contributed by atoms with Crippen molar-refractivity contribution in [2.75, 3.05) is 18.1 Å². The highest BCUT2D eigenvalue weighted by molar-refractivity contribution is 7.13. The van der Waals surface area contributed by atoms with E-state index in [4.69, 9.17) is 21.4 Å². The van der Waals surface area contributed by atoms with Crippen LogP contribution in [0.4, 0.5) is 11.4 Å². The first-order valence-electron chi connectivity index (χ1n) is 9.67. The molecule has 0 bridgehead atoms. The van der Waals surface area contributed by atoms with Crippen LogP contribution in [-0.2, 0) is 16.8 Å². The lowest BCUT2D eigenvalue weighted by Gasteiger charge is -2.28. The zero-order valence-corrected chi connectivity index (χ0v) is 18.7. The Bertz CT molecular complexity index is 940. The van der Waals surface area contributed by atoms with Gasteiger partial charge in [-0.15, -0.1) is 22.9 Å². The van der Waals surface area contributed by atoms with Crippen LogP contribution < -0.4 is 4.90 Å². The minimum atomic E-state index is -0.958. The zero-order valence-electron chi connectivity index (χ0n) is 17.1. The normalized spacial score (nSPS) is 19.3. The summed E-state index contributed by atoms with van der Waals surface area (Å²) < 4.78 is 5.82. The summed E-state index contributed by atoms with van der Waals surface area (Å²) in [5.74, 6) is -0.958. The first-order chi connectivity index (χ1) is 14.1. The first-order valence-corrected chi connectivity index (χ1v) is 10.9. The molecule has 1 fully saturated rings. The van der Waals surface area contributed by atoms with Gasteiger partial charge in [0.25, 0.3) is 5.69 Å². The Morgan fingerprint density at radius 2 is 2.10 bits per heavy atom. The number of halogens is 1. The number of thiophene rings is 1. The SMILES string of the molecule is CC(C)(C)c1ccc(N2CCC(Cl)C2COCc2ccc(C(=O)O)s2)c([N+](=O)[O-])c1. The number of nitrogens with zero attached hydrogens (tertiary/aromatic N) is 2. The molecule has 2 aromatic rings. The molecule has 0 radical (unpaired) electrons. The van der Waals surface area contributed by atoms with Crippen LogP contribution in [0.1, 0.15) is 47.3 Å². The molecule has 0 saturated carbocycles. The van der Waals surface area contributed by atoms with E-state index >= 15 is 0 Å². The summed E-state index contributed by atoms with van der Waals surface area (Å²) in [6.45, 7) is 7.25. The number of carbonyl (C=O) groups is 1. The van der Waals surface area contributed by atoms with E-state index < -0.39 is 5.97 Å². The number of nitro benzene ring substituents is 1. The zero-order chi connectivity index (χ0) is 22.1. The van der Waals surface area contributed by atoms with E-state index in [9.17, 15) is 14.9 Å². The predicted molar refractivity (Wildman–Crippen MR) is 118 cm³/mol. The summed E-state index contributed by atoms with van der Waals surface area (Å²) in [5, 5.41) is 20.6. The second kappa shape index (κ2) is 8.91. The minimum Gasteiger partial charge on any atom is -0.477 e. The maximum atomic E-state index is 11.8. The van der Waals surface area contributed by atoms with Gasteiger partial charge in [-0.25, -0.2) is 4.79 Å². The molecule has 0 spiro atoms. The maximum absolute atomic E-state index is 11.8. The molecule has 30 heavy (non-hydrogen) atoms. The summed E-state index contributed by atoms with van der Waals surface area (Å²) in [7, 11) is 0. The fourth-order valence-corrected chi connectivity index (χ4v) is 4.63. The number of hydrogen-bond acceptors (Lipinski definition) is 6. The molecule has 1 saturated heterocycles. The molecular weight excluding hydrogens is 428 g/mol. The summed E-state index contributed by atoms with van der Waals surface area (Å²) >= 11 is 7.69. The third-order valence-corrected chi connectivity index (χ3v) is 6.77. The van der Waals surface area contributed by atoms with Gasteiger partial charge in [-0.05, 0) is 35.6 Å². The summed E-state index contributed by atoms with van der Waals surface area (Å²) in [4.78, 5) is 25.5. The molecule has 3 rings (SSSR count). The predicted octanol–water partition coefficient (Wildman–Crippen LogP) is 5.05. The van der Waals surface area contributed by atoms with Crippen LogP contribution in [0.5, 0.6) is 0 Å². The van der Waals surface area contributed by atoms with E-state index in [2.05, 4.69) is 0 Å². The maximum Gasteiger partial charge on any atom is 0.345 e. The molecule has 1 aliphatic rings. The molecule has 2 unspecified atom stereocenters. The molecule has 2 atom stereocenters. The minimum absolute atomic E-state index is 0.0718. The van der Waals surface area contributed by atoms with Crippen molar-refractivity contribution < 1.29 is 19.6 Å². The molecule has 9 heteroatoms. The highest BCUT2D eigenvalue weighted by atomic mass is 35.5. The number of alkyl halides is 1. The Morgan fingerprint density at radius 3 is 2.70 bits per heavy atom. The van der Waals surface area contributed by atoms with Gasteiger partial charge in [-0.3, -0.25) is 10.1 Å². The monoisotopic (exact) mass is 452 g/mol. The molecule has 0 amide bonds. The lowest BCUT2D eigenvalue weighted by molar-refractivity contribution is -0.384. The second-order valence-electron chi connectivity index (χ2n) is 8.36. The van der Waals surface area contributed by atoms with E-state index in [0.29, 0.717) is 25.3 Å². The number of aromatic carboxylic acids is 1. The van der Waals surface area contributed by atoms with Gasteiger partial charge < -0.3 is 14.7 Å². The lowest BCUT2D eigenvalue weighted by Crippen LogP contribution is -2.37. The highest BCUT2D eigenvalue weighted by Gasteiger charge is 2.36. The van der Waals surface area contributed by atoms with Crippen LogP contribution >= 0.6 is 22.9 Å². The van der Waals surface area contributed by atoms with E-state index in [1.54, 1.807) is 24.3 Å². The number of rotatable bonds is 7. The molecule has 1 aromatic carbocycles. The number of carboxylic acids is 1. The van der Waals surface area contributed by atoms with Gasteiger partial charge in [0.05, 0.1) is 29.6 Å². The Balaban J connectivity index is 1.76. The average Bonchev–Trinajstić information content (AvgIpc) is 3.28. The van der Waals surface area contributed by atoms with Gasteiger partial charge >= 0.3 is 5.97 Å². The molecule has 162 valence electrons. The third kappa shape index (κ3) is 4.94. The van der Waals surface area contributed by atoms with Crippen molar-refractivity contribution in [3.8, 4) is 0 Å². The van der Waals surface area contributed by atoms with Crippen LogP contribution in [0.15, 0.2) is 30.3 Å². The fourth-order valence-electron chi connectivity index (χ4n) is 3.54. The molecule has 1 N–H and O–H groups in total. The molecule has 1 aromatic heterocycles. The number of hydrogen-bond donors (Lipinski definition) is 1. The largest absolute Gasteiger partial charge is 0.477 e. The van der Waals surface area contributed by atoms with Crippen molar-refractivity contribution in [2.45, 2.75) is 50.6 Å². The van der Waals surface area contributed by atoms with Crippen LogP contribution in [0.3, 0.4) is 0 Å². The van der Waals surface area contributed by atoms with Crippen molar-refractivity contribution in [3.63, 3.8) is 0 Å². The van der Waals surface area contributed by atoms with Gasteiger partial charge in [0.1, 0.15) is 10.6 Å². The Kier molecular flexibility index (Phi) is 6.69. The number of carboxylic acid groups (broad SMARTS) is 1. The topological polar surface area (TPSA) is 92.9 Å². The van der Waals surface area contributed by atoms with Gasteiger partial charge in [0.15, 0.2) is 0 Å². The molecule has 1 aliphatic heterocycles. The Labute approximate surface area is 184 Å². The van der Waals surface area contributed by atoms with Crippen molar-refractivity contribution in [1.82, 2.24) is 0 Å². The molecule has 7 nitrogen and oxygen atoms in total. The number of ether oxygens (including phenoxy) is 1. The van der Waals surface area contributed by atoms with Gasteiger partial charge in [0, 0.05) is 17.5 Å². The number of benzene rings is 1. The number of nitro groups is 1. The first kappa shape index (κ1) is 22.5. The van der Waals surface area contributed by atoms with Gasteiger partial charge in [-0.1, -0.05) is 26.8 Å². The smallest absolute Gasteiger partial charge is 0.345 e. The highest BCUT2D eigenvalue weighted by Crippen LogP contribution is 2.38. The van der Waals surface area contributed by atoms with Crippen LogP contribution in [0, 0.1) is 10.1 Å². The van der Waals surface area contributed by atoms with E-state index in [0.717, 1.165) is 10.4 Å². The standard InChI is InChI=1S/C21H25ClN2O5S/c1-21(2,3)13-4-6-16(17(10-13)24(27)28)23-9-8-15(22)18(23)12-29-11-14-5-7-19(30-14)20(25)26/h4-7,10,15,18H,8-9,11-12H2,1-3H3,(H,25,26). The second-order valence-corrected chi connectivity index (χ2v) is 10.1. The van der Waals surface area contributed by atoms with Crippen molar-refractivity contribution in [1.29, 1.82) is 0 Å². The Morgan fingerprint density at radius 1 is 1.37 bits per heavy atom. The van der Waals surface area contributed by atoms with E-state index in [1.807, 2.05) is 31.7 Å². The van der Waals surface area contributed by atoms with Crippen LogP contribution in [-0.4, -0.2) is 40.6 Å². The molecular formula is C21H25ClN2O5S. The quantitative estimate of drug-likeness (QED) is 0.358. The lowest BCUT2D eigenvalue weighted by atomic mass is 9.86. The Hall–Kier alpha value is -2.16.